The summed E-state index contributed by atoms with van der Waals surface area (Å²) in [5, 5.41) is 15.6. The molecule has 1 aliphatic heterocycles. The molecule has 0 saturated heterocycles. The Hall–Kier alpha value is -2.32. The number of phenols is 1. The van der Waals surface area contributed by atoms with Gasteiger partial charge in [-0.2, -0.15) is 0 Å². The van der Waals surface area contributed by atoms with E-state index in [4.69, 9.17) is 0 Å². The van der Waals surface area contributed by atoms with E-state index >= 15 is 0 Å². The van der Waals surface area contributed by atoms with Crippen molar-refractivity contribution < 1.29 is 5.11 Å². The minimum atomic E-state index is 0.225. The summed E-state index contributed by atoms with van der Waals surface area (Å²) in [7, 11) is 0. The molecule has 1 atom stereocenters. The molecule has 0 saturated carbocycles. The third kappa shape index (κ3) is 2.08. The Morgan fingerprint density at radius 1 is 0.905 bits per heavy atom. The minimum Gasteiger partial charge on any atom is -0.508 e. The van der Waals surface area contributed by atoms with Gasteiger partial charge in [0.05, 0.1) is 6.04 Å². The molecule has 0 aromatic heterocycles. The first-order valence-electron chi connectivity index (χ1n) is 7.36. The van der Waals surface area contributed by atoms with E-state index in [0.29, 0.717) is 5.75 Å². The van der Waals surface area contributed by atoms with Crippen molar-refractivity contribution in [3.63, 3.8) is 0 Å². The van der Waals surface area contributed by atoms with Crippen molar-refractivity contribution in [3.05, 3.63) is 77.4 Å². The highest BCUT2D eigenvalue weighted by Crippen LogP contribution is 2.33. The van der Waals surface area contributed by atoms with Crippen molar-refractivity contribution in [2.45, 2.75) is 12.5 Å². The van der Waals surface area contributed by atoms with Crippen LogP contribution in [0.3, 0.4) is 0 Å². The maximum Gasteiger partial charge on any atom is 0.116 e. The van der Waals surface area contributed by atoms with Crippen molar-refractivity contribution in [2.75, 3.05) is 6.54 Å². The average molecular weight is 275 g/mol. The summed E-state index contributed by atoms with van der Waals surface area (Å²) >= 11 is 0. The highest BCUT2D eigenvalue weighted by Gasteiger charge is 2.22. The van der Waals surface area contributed by atoms with Gasteiger partial charge in [-0.3, -0.25) is 0 Å². The zero-order valence-corrected chi connectivity index (χ0v) is 11.7. The summed E-state index contributed by atoms with van der Waals surface area (Å²) in [4.78, 5) is 0. The quantitative estimate of drug-likeness (QED) is 0.708. The number of aromatic hydroxyl groups is 1. The van der Waals surface area contributed by atoms with Gasteiger partial charge in [0.2, 0.25) is 0 Å². The standard InChI is InChI=1S/C19H17NO/c21-15-8-9-16-14(12-15)5-3-7-18(16)19-17-6-2-1-4-13(17)10-11-20-19/h1-9,12,19-21H,10-11H2. The van der Waals surface area contributed by atoms with Gasteiger partial charge >= 0.3 is 0 Å². The Balaban J connectivity index is 1.92. The molecular weight excluding hydrogens is 258 g/mol. The third-order valence-corrected chi connectivity index (χ3v) is 4.32. The Morgan fingerprint density at radius 3 is 2.71 bits per heavy atom. The lowest BCUT2D eigenvalue weighted by molar-refractivity contribution is 0.476. The van der Waals surface area contributed by atoms with E-state index in [-0.39, 0.29) is 6.04 Å². The van der Waals surface area contributed by atoms with E-state index in [1.54, 1.807) is 6.07 Å². The van der Waals surface area contributed by atoms with Crippen LogP contribution in [0.2, 0.25) is 0 Å². The summed E-state index contributed by atoms with van der Waals surface area (Å²) in [6.45, 7) is 0.996. The summed E-state index contributed by atoms with van der Waals surface area (Å²) in [6.07, 6.45) is 1.08. The predicted molar refractivity (Wildman–Crippen MR) is 85.6 cm³/mol. The molecule has 3 aromatic rings. The molecule has 0 radical (unpaired) electrons. The van der Waals surface area contributed by atoms with Crippen LogP contribution in [0.5, 0.6) is 5.75 Å². The van der Waals surface area contributed by atoms with Crippen molar-refractivity contribution in [1.29, 1.82) is 0 Å². The predicted octanol–water partition coefficient (Wildman–Crippen LogP) is 3.78. The zero-order chi connectivity index (χ0) is 14.2. The molecule has 1 heterocycles. The molecule has 21 heavy (non-hydrogen) atoms. The molecule has 1 unspecified atom stereocenters. The molecule has 2 N–H and O–H groups in total. The highest BCUT2D eigenvalue weighted by molar-refractivity contribution is 5.87. The van der Waals surface area contributed by atoms with Crippen molar-refractivity contribution >= 4 is 10.8 Å². The fourth-order valence-electron chi connectivity index (χ4n) is 3.33. The maximum atomic E-state index is 9.67. The van der Waals surface area contributed by atoms with Crippen LogP contribution in [0.15, 0.2) is 60.7 Å². The number of hydrogen-bond donors (Lipinski definition) is 2. The van der Waals surface area contributed by atoms with Crippen molar-refractivity contribution in [3.8, 4) is 5.75 Å². The van der Waals surface area contributed by atoms with Gasteiger partial charge in [0.15, 0.2) is 0 Å². The van der Waals surface area contributed by atoms with E-state index in [1.165, 1.54) is 22.1 Å². The Labute approximate surface area is 124 Å². The van der Waals surface area contributed by atoms with E-state index < -0.39 is 0 Å². The van der Waals surface area contributed by atoms with Crippen LogP contribution in [-0.2, 0) is 6.42 Å². The molecule has 0 aliphatic carbocycles. The van der Waals surface area contributed by atoms with E-state index in [2.05, 4.69) is 41.7 Å². The van der Waals surface area contributed by atoms with Crippen LogP contribution in [0.4, 0.5) is 0 Å². The second-order valence-electron chi connectivity index (χ2n) is 5.59. The number of fused-ring (bicyclic) bond motifs is 2. The molecule has 0 bridgehead atoms. The molecular formula is C19H17NO. The molecule has 0 amide bonds. The molecule has 0 spiro atoms. The lowest BCUT2D eigenvalue weighted by Gasteiger charge is -2.28. The average Bonchev–Trinajstić information content (AvgIpc) is 2.53. The van der Waals surface area contributed by atoms with Crippen LogP contribution in [-0.4, -0.2) is 11.7 Å². The van der Waals surface area contributed by atoms with E-state index in [9.17, 15) is 5.11 Å². The molecule has 2 heteroatoms. The van der Waals surface area contributed by atoms with Crippen molar-refractivity contribution in [1.82, 2.24) is 5.32 Å². The number of nitrogens with one attached hydrogen (secondary N) is 1. The van der Waals surface area contributed by atoms with Gasteiger partial charge < -0.3 is 10.4 Å². The van der Waals surface area contributed by atoms with Gasteiger partial charge in [0.1, 0.15) is 5.75 Å². The summed E-state index contributed by atoms with van der Waals surface area (Å²) in [5.41, 5.74) is 4.07. The van der Waals surface area contributed by atoms with E-state index in [1.807, 2.05) is 18.2 Å². The van der Waals surface area contributed by atoms with Crippen LogP contribution in [0, 0.1) is 0 Å². The minimum absolute atomic E-state index is 0.225. The topological polar surface area (TPSA) is 32.3 Å². The third-order valence-electron chi connectivity index (χ3n) is 4.32. The maximum absolute atomic E-state index is 9.67. The zero-order valence-electron chi connectivity index (χ0n) is 11.7. The lowest BCUT2D eigenvalue weighted by Crippen LogP contribution is -2.30. The molecule has 3 aromatic carbocycles. The Kier molecular flexibility index (Phi) is 2.90. The molecule has 104 valence electrons. The highest BCUT2D eigenvalue weighted by atomic mass is 16.3. The first kappa shape index (κ1) is 12.4. The van der Waals surface area contributed by atoms with Gasteiger partial charge in [0.25, 0.3) is 0 Å². The Bertz CT molecular complexity index is 810. The van der Waals surface area contributed by atoms with Gasteiger partial charge in [-0.1, -0.05) is 48.5 Å². The summed E-state index contributed by atoms with van der Waals surface area (Å²) < 4.78 is 0. The molecule has 1 aliphatic rings. The van der Waals surface area contributed by atoms with Gasteiger partial charge in [0, 0.05) is 6.54 Å². The summed E-state index contributed by atoms with van der Waals surface area (Å²) in [6, 6.07) is 20.8. The smallest absolute Gasteiger partial charge is 0.116 e. The normalized spacial score (nSPS) is 17.6. The van der Waals surface area contributed by atoms with Gasteiger partial charge in [-0.15, -0.1) is 0 Å². The SMILES string of the molecule is Oc1ccc2c(C3NCCc4ccccc43)cccc2c1. The molecule has 0 fully saturated rings. The number of rotatable bonds is 1. The molecule has 2 nitrogen and oxygen atoms in total. The van der Waals surface area contributed by atoms with Crippen LogP contribution in [0.25, 0.3) is 10.8 Å². The fourth-order valence-corrected chi connectivity index (χ4v) is 3.33. The van der Waals surface area contributed by atoms with Crippen LogP contribution >= 0.6 is 0 Å². The van der Waals surface area contributed by atoms with Crippen molar-refractivity contribution in [2.24, 2.45) is 0 Å². The first-order valence-corrected chi connectivity index (χ1v) is 7.36. The number of hydrogen-bond acceptors (Lipinski definition) is 2. The fraction of sp³-hybridized carbons (Fsp3) is 0.158. The van der Waals surface area contributed by atoms with Crippen LogP contribution < -0.4 is 5.32 Å². The van der Waals surface area contributed by atoms with Crippen LogP contribution in [0.1, 0.15) is 22.7 Å². The summed E-state index contributed by atoms with van der Waals surface area (Å²) in [5.74, 6) is 0.316. The largest absolute Gasteiger partial charge is 0.508 e. The lowest BCUT2D eigenvalue weighted by atomic mass is 9.87. The number of benzene rings is 3. The second-order valence-corrected chi connectivity index (χ2v) is 5.59. The monoisotopic (exact) mass is 275 g/mol. The number of phenolic OH excluding ortho intramolecular Hbond substituents is 1. The molecule has 4 rings (SSSR count). The first-order chi connectivity index (χ1) is 10.3. The Morgan fingerprint density at radius 2 is 1.76 bits per heavy atom. The van der Waals surface area contributed by atoms with E-state index in [0.717, 1.165) is 18.4 Å². The van der Waals surface area contributed by atoms with Gasteiger partial charge in [-0.05, 0) is 46.0 Å². The van der Waals surface area contributed by atoms with Gasteiger partial charge in [-0.25, -0.2) is 0 Å². The second kappa shape index (κ2) is 4.90.